The van der Waals surface area contributed by atoms with Crippen LogP contribution in [0.4, 0.5) is 0 Å². The molecule has 2 N–H and O–H groups in total. The molecule has 0 aliphatic rings. The van der Waals surface area contributed by atoms with Gasteiger partial charge in [0.1, 0.15) is 0 Å². The molecular weight excluding hydrogens is 215 g/mol. The Bertz CT molecular complexity index is 246. The summed E-state index contributed by atoms with van der Waals surface area (Å²) in [4.78, 5) is 17.8. The molecule has 92 valence electrons. The summed E-state index contributed by atoms with van der Waals surface area (Å²) in [5, 5.41) is 0. The Morgan fingerprint density at radius 3 is 1.73 bits per heavy atom. The zero-order valence-electron chi connectivity index (χ0n) is 10.4. The molecule has 0 radical (unpaired) electrons. The molecule has 2 atom stereocenters. The zero-order chi connectivity index (χ0) is 12.4. The fourth-order valence-electron chi connectivity index (χ4n) is 1.63. The van der Waals surface area contributed by atoms with Crippen molar-refractivity contribution in [1.82, 2.24) is 0 Å². The van der Waals surface area contributed by atoms with Gasteiger partial charge >= 0.3 is 7.82 Å². The van der Waals surface area contributed by atoms with Crippen molar-refractivity contribution in [2.24, 2.45) is 17.8 Å². The molecule has 0 saturated carbocycles. The van der Waals surface area contributed by atoms with Gasteiger partial charge in [0.15, 0.2) is 0 Å². The van der Waals surface area contributed by atoms with Crippen LogP contribution in [0.1, 0.15) is 41.5 Å². The maximum atomic E-state index is 11.0. The molecule has 0 rings (SSSR count). The second-order valence-corrected chi connectivity index (χ2v) is 6.12. The largest absolute Gasteiger partial charge is 0.470 e. The van der Waals surface area contributed by atoms with Crippen LogP contribution >= 0.6 is 7.82 Å². The van der Waals surface area contributed by atoms with Gasteiger partial charge in [-0.3, -0.25) is 4.52 Å². The molecule has 4 nitrogen and oxygen atoms in total. The number of rotatable bonds is 5. The topological polar surface area (TPSA) is 66.8 Å². The van der Waals surface area contributed by atoms with Crippen LogP contribution in [0.2, 0.25) is 0 Å². The minimum atomic E-state index is -4.43. The second-order valence-electron chi connectivity index (χ2n) is 4.95. The van der Waals surface area contributed by atoms with Crippen molar-refractivity contribution in [3.8, 4) is 0 Å². The van der Waals surface area contributed by atoms with Gasteiger partial charge in [0.05, 0.1) is 5.60 Å². The lowest BCUT2D eigenvalue weighted by atomic mass is 9.76. The predicted molar refractivity (Wildman–Crippen MR) is 60.4 cm³/mol. The quantitative estimate of drug-likeness (QED) is 0.723. The van der Waals surface area contributed by atoms with E-state index in [0.717, 1.165) is 0 Å². The summed E-state index contributed by atoms with van der Waals surface area (Å²) in [5.41, 5.74) is -0.798. The highest BCUT2D eigenvalue weighted by atomic mass is 31.2. The van der Waals surface area contributed by atoms with E-state index in [9.17, 15) is 4.57 Å². The molecule has 15 heavy (non-hydrogen) atoms. The Labute approximate surface area is 92.3 Å². The first-order valence-electron chi connectivity index (χ1n) is 5.27. The Balaban J connectivity index is 4.99. The van der Waals surface area contributed by atoms with Crippen LogP contribution in [0.5, 0.6) is 0 Å². The molecule has 0 heterocycles. The molecule has 0 aromatic heterocycles. The van der Waals surface area contributed by atoms with Crippen LogP contribution in [0, 0.1) is 17.8 Å². The van der Waals surface area contributed by atoms with E-state index in [1.54, 1.807) is 6.92 Å². The maximum Gasteiger partial charge on any atom is 0.470 e. The fourth-order valence-corrected chi connectivity index (χ4v) is 2.52. The van der Waals surface area contributed by atoms with Crippen LogP contribution in [-0.2, 0) is 9.09 Å². The van der Waals surface area contributed by atoms with Crippen LogP contribution in [0.15, 0.2) is 0 Å². The Morgan fingerprint density at radius 1 is 1.13 bits per heavy atom. The average molecular weight is 238 g/mol. The molecule has 0 aliphatic heterocycles. The summed E-state index contributed by atoms with van der Waals surface area (Å²) in [6, 6.07) is 0. The van der Waals surface area contributed by atoms with Crippen molar-refractivity contribution < 1.29 is 18.9 Å². The van der Waals surface area contributed by atoms with E-state index in [4.69, 9.17) is 14.3 Å². The molecule has 0 saturated heterocycles. The molecular formula is C10H23O4P. The number of hydrogen-bond acceptors (Lipinski definition) is 2. The maximum absolute atomic E-state index is 11.0. The van der Waals surface area contributed by atoms with E-state index in [1.807, 2.05) is 34.6 Å². The van der Waals surface area contributed by atoms with Gasteiger partial charge in [-0.1, -0.05) is 34.6 Å². The van der Waals surface area contributed by atoms with Gasteiger partial charge in [0.2, 0.25) is 0 Å². The molecule has 2 unspecified atom stereocenters. The summed E-state index contributed by atoms with van der Waals surface area (Å²) >= 11 is 0. The van der Waals surface area contributed by atoms with E-state index < -0.39 is 13.4 Å². The number of hydrogen-bond donors (Lipinski definition) is 2. The van der Waals surface area contributed by atoms with Crippen LogP contribution in [0.25, 0.3) is 0 Å². The Hall–Kier alpha value is 0.110. The average Bonchev–Trinajstić information content (AvgIpc) is 1.99. The first-order valence-corrected chi connectivity index (χ1v) is 6.80. The van der Waals surface area contributed by atoms with Gasteiger partial charge in [0, 0.05) is 0 Å². The lowest BCUT2D eigenvalue weighted by molar-refractivity contribution is -0.0468. The van der Waals surface area contributed by atoms with Crippen molar-refractivity contribution in [3.63, 3.8) is 0 Å². The molecule has 0 amide bonds. The van der Waals surface area contributed by atoms with Crippen LogP contribution in [-0.4, -0.2) is 15.4 Å². The summed E-state index contributed by atoms with van der Waals surface area (Å²) < 4.78 is 15.9. The SMILES string of the molecule is CC(C)C(C)C(C)(OP(=O)(O)O)C(C)C. The Kier molecular flexibility index (Phi) is 5.00. The standard InChI is InChI=1S/C10H23O4P/c1-7(2)9(5)10(6,8(3)4)14-15(11,12)13/h7-9H,1-6H3,(H2,11,12,13). The second kappa shape index (κ2) is 4.96. The summed E-state index contributed by atoms with van der Waals surface area (Å²) in [6.07, 6.45) is 0. The van der Waals surface area contributed by atoms with Gasteiger partial charge in [0.25, 0.3) is 0 Å². The molecule has 0 aromatic carbocycles. The van der Waals surface area contributed by atoms with Crippen molar-refractivity contribution in [2.75, 3.05) is 0 Å². The molecule has 0 aromatic rings. The van der Waals surface area contributed by atoms with Crippen LogP contribution < -0.4 is 0 Å². The lowest BCUT2D eigenvalue weighted by Crippen LogP contribution is -2.43. The van der Waals surface area contributed by atoms with Crippen molar-refractivity contribution in [1.29, 1.82) is 0 Å². The fraction of sp³-hybridized carbons (Fsp3) is 1.00. The third-order valence-corrected chi connectivity index (χ3v) is 4.00. The number of phosphoric acid groups is 1. The highest BCUT2D eigenvalue weighted by Crippen LogP contribution is 2.48. The first kappa shape index (κ1) is 15.1. The molecule has 0 fully saturated rings. The monoisotopic (exact) mass is 238 g/mol. The summed E-state index contributed by atoms with van der Waals surface area (Å²) in [5.74, 6) is 0.427. The highest BCUT2D eigenvalue weighted by molar-refractivity contribution is 7.46. The van der Waals surface area contributed by atoms with E-state index in [1.165, 1.54) is 0 Å². The van der Waals surface area contributed by atoms with E-state index in [2.05, 4.69) is 0 Å². The van der Waals surface area contributed by atoms with E-state index in [-0.39, 0.29) is 11.8 Å². The Morgan fingerprint density at radius 2 is 1.53 bits per heavy atom. The normalized spacial score (nSPS) is 19.3. The lowest BCUT2D eigenvalue weighted by Gasteiger charge is -2.40. The van der Waals surface area contributed by atoms with Crippen molar-refractivity contribution in [3.05, 3.63) is 0 Å². The third kappa shape index (κ3) is 4.23. The third-order valence-electron chi connectivity index (χ3n) is 3.37. The number of phosphoric ester groups is 1. The first-order chi connectivity index (χ1) is 6.50. The van der Waals surface area contributed by atoms with Gasteiger partial charge in [-0.25, -0.2) is 4.57 Å². The van der Waals surface area contributed by atoms with Crippen molar-refractivity contribution >= 4 is 7.82 Å². The van der Waals surface area contributed by atoms with E-state index in [0.29, 0.717) is 5.92 Å². The van der Waals surface area contributed by atoms with Gasteiger partial charge < -0.3 is 9.79 Å². The minimum absolute atomic E-state index is 0.0440. The zero-order valence-corrected chi connectivity index (χ0v) is 11.3. The van der Waals surface area contributed by atoms with Gasteiger partial charge in [-0.2, -0.15) is 0 Å². The smallest absolute Gasteiger partial charge is 0.303 e. The van der Waals surface area contributed by atoms with E-state index >= 15 is 0 Å². The molecule has 0 aliphatic carbocycles. The highest BCUT2D eigenvalue weighted by Gasteiger charge is 2.42. The predicted octanol–water partition coefficient (Wildman–Crippen LogP) is 2.80. The van der Waals surface area contributed by atoms with Crippen molar-refractivity contribution in [2.45, 2.75) is 47.1 Å². The summed E-state index contributed by atoms with van der Waals surface area (Å²) in [7, 11) is -4.43. The molecule has 0 bridgehead atoms. The van der Waals surface area contributed by atoms with Gasteiger partial charge in [-0.15, -0.1) is 0 Å². The summed E-state index contributed by atoms with van der Waals surface area (Å²) in [6.45, 7) is 11.6. The molecule has 5 heteroatoms. The minimum Gasteiger partial charge on any atom is -0.303 e. The molecule has 0 spiro atoms. The van der Waals surface area contributed by atoms with Crippen LogP contribution in [0.3, 0.4) is 0 Å². The van der Waals surface area contributed by atoms with Gasteiger partial charge in [-0.05, 0) is 24.7 Å².